The fourth-order valence-electron chi connectivity index (χ4n) is 4.12. The predicted molar refractivity (Wildman–Crippen MR) is 131 cm³/mol. The van der Waals surface area contributed by atoms with E-state index in [2.05, 4.69) is 6.92 Å². The molecule has 0 bridgehead atoms. The average Bonchev–Trinajstić information content (AvgIpc) is 2.83. The minimum atomic E-state index is -0.336. The van der Waals surface area contributed by atoms with Crippen LogP contribution in [-0.4, -0.2) is 26.2 Å². The van der Waals surface area contributed by atoms with Gasteiger partial charge in [-0.25, -0.2) is 0 Å². The molecule has 172 valence electrons. The lowest BCUT2D eigenvalue weighted by molar-refractivity contribution is -0.118. The summed E-state index contributed by atoms with van der Waals surface area (Å²) in [7, 11) is 3.25. The van der Waals surface area contributed by atoms with Gasteiger partial charge in [0.25, 0.3) is 0 Å². The summed E-state index contributed by atoms with van der Waals surface area (Å²) in [5.74, 6) is 2.05. The van der Waals surface area contributed by atoms with E-state index in [9.17, 15) is 4.79 Å². The molecular weight excluding hydrogens is 438 g/mol. The Hall–Kier alpha value is -3.18. The number of nitrogens with zero attached hydrogens (tertiary/aromatic N) is 1. The molecule has 1 heterocycles. The predicted octanol–water partition coefficient (Wildman–Crippen LogP) is 6.21. The van der Waals surface area contributed by atoms with Gasteiger partial charge in [0.2, 0.25) is 5.91 Å². The van der Waals surface area contributed by atoms with E-state index >= 15 is 0 Å². The number of ether oxygens (including phenoxy) is 3. The van der Waals surface area contributed by atoms with Gasteiger partial charge in [0.05, 0.1) is 32.8 Å². The number of carbonyl (C=O) groups excluding carboxylic acids is 1. The number of halogens is 1. The van der Waals surface area contributed by atoms with Crippen LogP contribution in [0.3, 0.4) is 0 Å². The van der Waals surface area contributed by atoms with E-state index in [1.807, 2.05) is 72.5 Å². The molecule has 1 aliphatic rings. The Morgan fingerprint density at radius 2 is 1.70 bits per heavy atom. The van der Waals surface area contributed by atoms with Crippen molar-refractivity contribution in [3.8, 4) is 17.2 Å². The van der Waals surface area contributed by atoms with Crippen molar-refractivity contribution in [2.45, 2.75) is 38.8 Å². The SMILES string of the molecule is CC[C@@H](C)Oc1cc2c(cc1OC)CC(=O)N(c1ccc(OC)cc1)[C@H]2c1ccc(Cl)cc1. The third kappa shape index (κ3) is 4.64. The van der Waals surface area contributed by atoms with Crippen LogP contribution in [0.1, 0.15) is 43.0 Å². The lowest BCUT2D eigenvalue weighted by Gasteiger charge is -2.38. The van der Waals surface area contributed by atoms with E-state index < -0.39 is 0 Å². The Morgan fingerprint density at radius 1 is 1.00 bits per heavy atom. The van der Waals surface area contributed by atoms with Crippen LogP contribution in [-0.2, 0) is 11.2 Å². The fraction of sp³-hybridized carbons (Fsp3) is 0.296. The third-order valence-corrected chi connectivity index (χ3v) is 6.28. The molecule has 0 aliphatic carbocycles. The Kier molecular flexibility index (Phi) is 6.80. The monoisotopic (exact) mass is 465 g/mol. The van der Waals surface area contributed by atoms with Gasteiger partial charge >= 0.3 is 0 Å². The average molecular weight is 466 g/mol. The molecule has 33 heavy (non-hydrogen) atoms. The van der Waals surface area contributed by atoms with Crippen LogP contribution in [0.4, 0.5) is 5.69 Å². The van der Waals surface area contributed by atoms with Gasteiger partial charge in [-0.3, -0.25) is 4.79 Å². The molecule has 2 atom stereocenters. The second-order valence-corrected chi connectivity index (χ2v) is 8.57. The molecule has 0 N–H and O–H groups in total. The number of methoxy groups -OCH3 is 2. The van der Waals surface area contributed by atoms with Crippen LogP contribution in [0, 0.1) is 0 Å². The summed E-state index contributed by atoms with van der Waals surface area (Å²) in [6, 6.07) is 18.8. The van der Waals surface area contributed by atoms with Gasteiger partial charge in [-0.05, 0) is 78.6 Å². The zero-order chi connectivity index (χ0) is 23.5. The van der Waals surface area contributed by atoms with E-state index in [0.717, 1.165) is 34.5 Å². The second kappa shape index (κ2) is 9.75. The smallest absolute Gasteiger partial charge is 0.232 e. The number of amides is 1. The van der Waals surface area contributed by atoms with Crippen LogP contribution < -0.4 is 19.1 Å². The highest BCUT2D eigenvalue weighted by Crippen LogP contribution is 2.44. The first-order chi connectivity index (χ1) is 15.9. The summed E-state index contributed by atoms with van der Waals surface area (Å²) in [6.07, 6.45) is 1.18. The summed E-state index contributed by atoms with van der Waals surface area (Å²) in [5.41, 5.74) is 3.70. The molecule has 6 heteroatoms. The number of rotatable bonds is 7. The van der Waals surface area contributed by atoms with E-state index in [1.165, 1.54) is 0 Å². The van der Waals surface area contributed by atoms with Crippen LogP contribution in [0.2, 0.25) is 5.02 Å². The molecule has 0 saturated carbocycles. The minimum absolute atomic E-state index is 0.00487. The highest BCUT2D eigenvalue weighted by atomic mass is 35.5. The quantitative estimate of drug-likeness (QED) is 0.416. The van der Waals surface area contributed by atoms with Crippen molar-refractivity contribution in [2.24, 2.45) is 0 Å². The molecule has 3 aromatic carbocycles. The molecule has 0 unspecified atom stereocenters. The third-order valence-electron chi connectivity index (χ3n) is 6.03. The second-order valence-electron chi connectivity index (χ2n) is 8.13. The first kappa shape index (κ1) is 23.0. The molecular formula is C27H28ClNO4. The summed E-state index contributed by atoms with van der Waals surface area (Å²) < 4.78 is 17.1. The van der Waals surface area contributed by atoms with E-state index in [0.29, 0.717) is 16.5 Å². The van der Waals surface area contributed by atoms with Gasteiger partial charge in [-0.15, -0.1) is 0 Å². The van der Waals surface area contributed by atoms with Gasteiger partial charge in [0.15, 0.2) is 11.5 Å². The maximum atomic E-state index is 13.5. The van der Waals surface area contributed by atoms with Crippen molar-refractivity contribution in [2.75, 3.05) is 19.1 Å². The van der Waals surface area contributed by atoms with Crippen molar-refractivity contribution in [3.05, 3.63) is 82.4 Å². The lowest BCUT2D eigenvalue weighted by Crippen LogP contribution is -2.41. The van der Waals surface area contributed by atoms with Crippen LogP contribution in [0.25, 0.3) is 0 Å². The minimum Gasteiger partial charge on any atom is -0.497 e. The molecule has 3 aromatic rings. The van der Waals surface area contributed by atoms with Gasteiger partial charge in [0.1, 0.15) is 5.75 Å². The van der Waals surface area contributed by atoms with Crippen molar-refractivity contribution in [1.82, 2.24) is 0 Å². The topological polar surface area (TPSA) is 48.0 Å². The first-order valence-electron chi connectivity index (χ1n) is 11.0. The van der Waals surface area contributed by atoms with Crippen molar-refractivity contribution in [3.63, 3.8) is 0 Å². The number of anilines is 1. The molecule has 1 aliphatic heterocycles. The zero-order valence-electron chi connectivity index (χ0n) is 19.3. The Labute approximate surface area is 199 Å². The normalized spacial score (nSPS) is 16.2. The maximum absolute atomic E-state index is 13.5. The van der Waals surface area contributed by atoms with Gasteiger partial charge in [0, 0.05) is 10.7 Å². The van der Waals surface area contributed by atoms with E-state index in [4.69, 9.17) is 25.8 Å². The summed E-state index contributed by atoms with van der Waals surface area (Å²) >= 11 is 6.17. The Balaban J connectivity index is 1.89. The van der Waals surface area contributed by atoms with Crippen molar-refractivity contribution < 1.29 is 19.0 Å². The highest BCUT2D eigenvalue weighted by molar-refractivity contribution is 6.30. The molecule has 5 nitrogen and oxygen atoms in total. The molecule has 0 radical (unpaired) electrons. The summed E-state index contributed by atoms with van der Waals surface area (Å²) in [4.78, 5) is 15.3. The number of benzene rings is 3. The van der Waals surface area contributed by atoms with Crippen LogP contribution in [0.5, 0.6) is 17.2 Å². The maximum Gasteiger partial charge on any atom is 0.232 e. The zero-order valence-corrected chi connectivity index (χ0v) is 20.1. The molecule has 0 spiro atoms. The molecule has 4 rings (SSSR count). The van der Waals surface area contributed by atoms with Crippen LogP contribution in [0.15, 0.2) is 60.7 Å². The molecule has 0 aromatic heterocycles. The van der Waals surface area contributed by atoms with E-state index in [-0.39, 0.29) is 24.5 Å². The standard InChI is InChI=1S/C27H28ClNO4/c1-5-17(2)33-25-16-23-19(14-24(25)32-4)15-26(30)29(21-10-12-22(31-3)13-11-21)27(23)18-6-8-20(28)9-7-18/h6-14,16-17,27H,5,15H2,1-4H3/t17-,27+/m1/s1. The van der Waals surface area contributed by atoms with Crippen molar-refractivity contribution in [1.29, 1.82) is 0 Å². The molecule has 0 fully saturated rings. The number of hydrogen-bond donors (Lipinski definition) is 0. The van der Waals surface area contributed by atoms with E-state index in [1.54, 1.807) is 14.2 Å². The number of carbonyl (C=O) groups is 1. The lowest BCUT2D eigenvalue weighted by atomic mass is 9.86. The summed E-state index contributed by atoms with van der Waals surface area (Å²) in [6.45, 7) is 4.11. The van der Waals surface area contributed by atoms with Gasteiger partial charge in [-0.1, -0.05) is 30.7 Å². The first-order valence-corrected chi connectivity index (χ1v) is 11.4. The van der Waals surface area contributed by atoms with Crippen LogP contribution >= 0.6 is 11.6 Å². The van der Waals surface area contributed by atoms with Gasteiger partial charge < -0.3 is 19.1 Å². The number of hydrogen-bond acceptors (Lipinski definition) is 4. The van der Waals surface area contributed by atoms with Crippen molar-refractivity contribution >= 4 is 23.2 Å². The summed E-state index contributed by atoms with van der Waals surface area (Å²) in [5, 5.41) is 0.646. The van der Waals surface area contributed by atoms with Gasteiger partial charge in [-0.2, -0.15) is 0 Å². The highest BCUT2D eigenvalue weighted by Gasteiger charge is 2.36. The molecule has 0 saturated heterocycles. The Bertz CT molecular complexity index is 1130. The molecule has 1 amide bonds. The Morgan fingerprint density at radius 3 is 2.30 bits per heavy atom. The number of fused-ring (bicyclic) bond motifs is 1. The fourth-order valence-corrected chi connectivity index (χ4v) is 4.24. The largest absolute Gasteiger partial charge is 0.497 e.